The van der Waals surface area contributed by atoms with Crippen molar-refractivity contribution in [1.82, 2.24) is 5.32 Å². The van der Waals surface area contributed by atoms with Gasteiger partial charge in [-0.15, -0.1) is 0 Å². The molecule has 19 heavy (non-hydrogen) atoms. The van der Waals surface area contributed by atoms with E-state index in [0.717, 1.165) is 18.7 Å². The highest BCUT2D eigenvalue weighted by atomic mass is 16.5. The molecule has 0 aliphatic carbocycles. The van der Waals surface area contributed by atoms with E-state index in [1.807, 2.05) is 0 Å². The van der Waals surface area contributed by atoms with Gasteiger partial charge in [0.25, 0.3) is 0 Å². The molecule has 0 radical (unpaired) electrons. The molecule has 108 valence electrons. The molecular formula is C17H29NO. The highest BCUT2D eigenvalue weighted by Gasteiger charge is 2.19. The van der Waals surface area contributed by atoms with Crippen LogP contribution in [-0.4, -0.2) is 13.7 Å². The Balaban J connectivity index is 2.91. The summed E-state index contributed by atoms with van der Waals surface area (Å²) in [5.41, 5.74) is 2.89. The minimum Gasteiger partial charge on any atom is -0.496 e. The van der Waals surface area contributed by atoms with E-state index in [-0.39, 0.29) is 0 Å². The molecule has 1 atom stereocenters. The number of ether oxygens (including phenoxy) is 1. The molecule has 0 amide bonds. The van der Waals surface area contributed by atoms with Crippen molar-refractivity contribution in [3.63, 3.8) is 0 Å². The third-order valence-corrected chi connectivity index (χ3v) is 3.40. The molecule has 2 nitrogen and oxygen atoms in total. The summed E-state index contributed by atoms with van der Waals surface area (Å²) in [6.45, 7) is 12.1. The van der Waals surface area contributed by atoms with Crippen molar-refractivity contribution in [1.29, 1.82) is 0 Å². The Labute approximate surface area is 118 Å². The summed E-state index contributed by atoms with van der Waals surface area (Å²) in [6.07, 6.45) is 2.33. The molecule has 0 bridgehead atoms. The first kappa shape index (κ1) is 16.0. The fourth-order valence-corrected chi connectivity index (χ4v) is 2.30. The monoisotopic (exact) mass is 263 g/mol. The SMILES string of the molecule is CCNC(CCC(C)(C)C)c1ccc(C)cc1OC. The van der Waals surface area contributed by atoms with Gasteiger partial charge in [-0.2, -0.15) is 0 Å². The Morgan fingerprint density at radius 1 is 1.26 bits per heavy atom. The van der Waals surface area contributed by atoms with Crippen molar-refractivity contribution in [2.24, 2.45) is 5.41 Å². The molecule has 0 spiro atoms. The number of nitrogens with one attached hydrogen (secondary N) is 1. The number of hydrogen-bond acceptors (Lipinski definition) is 2. The van der Waals surface area contributed by atoms with Crippen LogP contribution in [0, 0.1) is 12.3 Å². The van der Waals surface area contributed by atoms with Crippen molar-refractivity contribution >= 4 is 0 Å². The summed E-state index contributed by atoms with van der Waals surface area (Å²) < 4.78 is 5.55. The van der Waals surface area contributed by atoms with Crippen LogP contribution in [0.25, 0.3) is 0 Å². The molecule has 1 N–H and O–H groups in total. The third kappa shape index (κ3) is 5.23. The van der Waals surface area contributed by atoms with Crippen LogP contribution in [0.2, 0.25) is 0 Å². The zero-order valence-electron chi connectivity index (χ0n) is 13.3. The van der Waals surface area contributed by atoms with Gasteiger partial charge in [-0.05, 0) is 43.4 Å². The van der Waals surface area contributed by atoms with Crippen LogP contribution in [0.3, 0.4) is 0 Å². The predicted octanol–water partition coefficient (Wildman–Crippen LogP) is 4.48. The summed E-state index contributed by atoms with van der Waals surface area (Å²) in [7, 11) is 1.75. The fourth-order valence-electron chi connectivity index (χ4n) is 2.30. The highest BCUT2D eigenvalue weighted by molar-refractivity contribution is 5.39. The van der Waals surface area contributed by atoms with Crippen molar-refractivity contribution in [3.8, 4) is 5.75 Å². The Hall–Kier alpha value is -1.02. The molecule has 0 fully saturated rings. The molecule has 1 unspecified atom stereocenters. The van der Waals surface area contributed by atoms with Gasteiger partial charge in [-0.25, -0.2) is 0 Å². The first-order valence-corrected chi connectivity index (χ1v) is 7.25. The van der Waals surface area contributed by atoms with Gasteiger partial charge in [0.15, 0.2) is 0 Å². The lowest BCUT2D eigenvalue weighted by molar-refractivity contribution is 0.327. The average Bonchev–Trinajstić information content (AvgIpc) is 2.33. The Kier molecular flexibility index (Phi) is 5.86. The van der Waals surface area contributed by atoms with Crippen molar-refractivity contribution in [3.05, 3.63) is 29.3 Å². The van der Waals surface area contributed by atoms with Crippen LogP contribution in [0.5, 0.6) is 5.75 Å². The second-order valence-electron chi connectivity index (χ2n) is 6.46. The Morgan fingerprint density at radius 3 is 2.47 bits per heavy atom. The number of hydrogen-bond donors (Lipinski definition) is 1. The van der Waals surface area contributed by atoms with E-state index >= 15 is 0 Å². The molecule has 0 saturated carbocycles. The molecule has 1 rings (SSSR count). The Bertz CT molecular complexity index is 393. The van der Waals surface area contributed by atoms with Gasteiger partial charge >= 0.3 is 0 Å². The normalized spacial score (nSPS) is 13.4. The molecular weight excluding hydrogens is 234 g/mol. The van der Waals surface area contributed by atoms with Gasteiger partial charge < -0.3 is 10.1 Å². The standard InChI is InChI=1S/C17H29NO/c1-7-18-15(10-11-17(3,4)5)14-9-8-13(2)12-16(14)19-6/h8-9,12,15,18H,7,10-11H2,1-6H3. The largest absolute Gasteiger partial charge is 0.496 e. The maximum absolute atomic E-state index is 5.55. The van der Waals surface area contributed by atoms with E-state index in [0.29, 0.717) is 11.5 Å². The van der Waals surface area contributed by atoms with E-state index in [2.05, 4.69) is 58.1 Å². The topological polar surface area (TPSA) is 21.3 Å². The van der Waals surface area contributed by atoms with Crippen LogP contribution in [0.4, 0.5) is 0 Å². The fraction of sp³-hybridized carbons (Fsp3) is 0.647. The maximum Gasteiger partial charge on any atom is 0.123 e. The molecule has 0 saturated heterocycles. The molecule has 0 aliphatic rings. The van der Waals surface area contributed by atoms with Gasteiger partial charge in [-0.3, -0.25) is 0 Å². The van der Waals surface area contributed by atoms with Crippen LogP contribution < -0.4 is 10.1 Å². The van der Waals surface area contributed by atoms with E-state index < -0.39 is 0 Å². The number of rotatable bonds is 6. The van der Waals surface area contributed by atoms with Crippen molar-refractivity contribution in [2.45, 2.75) is 53.5 Å². The molecule has 0 heterocycles. The summed E-state index contributed by atoms with van der Waals surface area (Å²) in [5.74, 6) is 1.000. The number of methoxy groups -OCH3 is 1. The van der Waals surface area contributed by atoms with Crippen LogP contribution in [-0.2, 0) is 0 Å². The van der Waals surface area contributed by atoms with Crippen LogP contribution in [0.15, 0.2) is 18.2 Å². The third-order valence-electron chi connectivity index (χ3n) is 3.40. The van der Waals surface area contributed by atoms with E-state index in [9.17, 15) is 0 Å². The average molecular weight is 263 g/mol. The lowest BCUT2D eigenvalue weighted by Gasteiger charge is -2.25. The van der Waals surface area contributed by atoms with Crippen LogP contribution in [0.1, 0.15) is 57.7 Å². The zero-order valence-corrected chi connectivity index (χ0v) is 13.3. The summed E-state index contributed by atoms with van der Waals surface area (Å²) in [5, 5.41) is 3.59. The number of aryl methyl sites for hydroxylation is 1. The van der Waals surface area contributed by atoms with Gasteiger partial charge in [0.05, 0.1) is 7.11 Å². The van der Waals surface area contributed by atoms with Crippen LogP contribution >= 0.6 is 0 Å². The van der Waals surface area contributed by atoms with Gasteiger partial charge in [0, 0.05) is 11.6 Å². The van der Waals surface area contributed by atoms with E-state index in [1.165, 1.54) is 17.5 Å². The van der Waals surface area contributed by atoms with Gasteiger partial charge in [0.1, 0.15) is 5.75 Å². The second kappa shape index (κ2) is 6.95. The lowest BCUT2D eigenvalue weighted by atomic mass is 9.87. The first-order chi connectivity index (χ1) is 8.87. The minimum atomic E-state index is 0.367. The highest BCUT2D eigenvalue weighted by Crippen LogP contribution is 2.32. The maximum atomic E-state index is 5.55. The first-order valence-electron chi connectivity index (χ1n) is 7.25. The molecule has 2 heteroatoms. The molecule has 0 aromatic heterocycles. The van der Waals surface area contributed by atoms with Gasteiger partial charge in [-0.1, -0.05) is 39.8 Å². The van der Waals surface area contributed by atoms with Crippen molar-refractivity contribution in [2.75, 3.05) is 13.7 Å². The second-order valence-corrected chi connectivity index (χ2v) is 6.46. The van der Waals surface area contributed by atoms with E-state index in [1.54, 1.807) is 7.11 Å². The predicted molar refractivity (Wildman–Crippen MR) is 82.8 cm³/mol. The zero-order chi connectivity index (χ0) is 14.5. The summed E-state index contributed by atoms with van der Waals surface area (Å²) in [6, 6.07) is 6.86. The molecule has 1 aromatic carbocycles. The van der Waals surface area contributed by atoms with Gasteiger partial charge in [0.2, 0.25) is 0 Å². The summed E-state index contributed by atoms with van der Waals surface area (Å²) >= 11 is 0. The van der Waals surface area contributed by atoms with Crippen molar-refractivity contribution < 1.29 is 4.74 Å². The quantitative estimate of drug-likeness (QED) is 0.817. The number of benzene rings is 1. The lowest BCUT2D eigenvalue weighted by Crippen LogP contribution is -2.23. The van der Waals surface area contributed by atoms with E-state index in [4.69, 9.17) is 4.74 Å². The smallest absolute Gasteiger partial charge is 0.123 e. The minimum absolute atomic E-state index is 0.367. The molecule has 1 aromatic rings. The summed E-state index contributed by atoms with van der Waals surface area (Å²) in [4.78, 5) is 0. The Morgan fingerprint density at radius 2 is 1.95 bits per heavy atom. The molecule has 0 aliphatic heterocycles.